The number of rotatable bonds is 10. The Labute approximate surface area is 103 Å². The highest BCUT2D eigenvalue weighted by Crippen LogP contribution is 2.03. The Morgan fingerprint density at radius 1 is 1.56 bits per heavy atom. The topological polar surface area (TPSA) is 38.3 Å². The second-order valence-electron chi connectivity index (χ2n) is 3.66. The van der Waals surface area contributed by atoms with Crippen molar-refractivity contribution >= 4 is 17.7 Å². The van der Waals surface area contributed by atoms with Crippen LogP contribution in [0.4, 0.5) is 0 Å². The van der Waals surface area contributed by atoms with Crippen molar-refractivity contribution in [2.24, 2.45) is 0 Å². The summed E-state index contributed by atoms with van der Waals surface area (Å²) in [5.74, 6) is 1.75. The molecule has 0 aromatic rings. The third-order valence-corrected chi connectivity index (χ3v) is 3.21. The zero-order valence-electron chi connectivity index (χ0n) is 10.3. The highest BCUT2D eigenvalue weighted by atomic mass is 32.2. The van der Waals surface area contributed by atoms with E-state index in [4.69, 9.17) is 0 Å². The van der Waals surface area contributed by atoms with Crippen LogP contribution in [0.2, 0.25) is 0 Å². The number of hydrogen-bond donors (Lipinski definition) is 1. The summed E-state index contributed by atoms with van der Waals surface area (Å²) in [6.07, 6.45) is 4.65. The van der Waals surface area contributed by atoms with Crippen LogP contribution >= 0.6 is 11.8 Å². The minimum absolute atomic E-state index is 0.125. The Morgan fingerprint density at radius 2 is 2.31 bits per heavy atom. The summed E-state index contributed by atoms with van der Waals surface area (Å²) in [5.41, 5.74) is 0. The van der Waals surface area contributed by atoms with E-state index in [1.54, 1.807) is 11.8 Å². The normalized spacial score (nSPS) is 12.1. The number of carbonyl (C=O) groups excluding carboxylic acids is 1. The van der Waals surface area contributed by atoms with E-state index in [0.29, 0.717) is 12.5 Å². The molecule has 94 valence electrons. The fraction of sp³-hybridized carbons (Fsp3) is 0.750. The van der Waals surface area contributed by atoms with Crippen molar-refractivity contribution in [2.75, 3.05) is 25.2 Å². The van der Waals surface area contributed by atoms with Crippen LogP contribution in [-0.2, 0) is 9.53 Å². The molecule has 0 aliphatic carbocycles. The summed E-state index contributed by atoms with van der Waals surface area (Å²) in [6, 6.07) is 0.541. The van der Waals surface area contributed by atoms with Gasteiger partial charge >= 0.3 is 5.97 Å². The van der Waals surface area contributed by atoms with E-state index in [9.17, 15) is 4.79 Å². The quantitative estimate of drug-likeness (QED) is 0.364. The molecule has 0 radical (unpaired) electrons. The van der Waals surface area contributed by atoms with Gasteiger partial charge in [0.2, 0.25) is 0 Å². The first-order valence-electron chi connectivity index (χ1n) is 5.69. The van der Waals surface area contributed by atoms with Crippen LogP contribution in [0.15, 0.2) is 12.7 Å². The summed E-state index contributed by atoms with van der Waals surface area (Å²) in [5, 5.41) is 3.43. The molecule has 0 aliphatic rings. The molecule has 0 fully saturated rings. The van der Waals surface area contributed by atoms with Crippen LogP contribution in [0, 0.1) is 0 Å². The van der Waals surface area contributed by atoms with Crippen molar-refractivity contribution in [3.05, 3.63) is 12.7 Å². The van der Waals surface area contributed by atoms with Gasteiger partial charge in [0.25, 0.3) is 0 Å². The molecule has 1 unspecified atom stereocenters. The van der Waals surface area contributed by atoms with Gasteiger partial charge in [-0.1, -0.05) is 6.08 Å². The van der Waals surface area contributed by atoms with Gasteiger partial charge in [-0.05, 0) is 19.8 Å². The lowest BCUT2D eigenvalue weighted by atomic mass is 10.2. The largest absolute Gasteiger partial charge is 0.469 e. The number of nitrogens with one attached hydrogen (secondary N) is 1. The van der Waals surface area contributed by atoms with Crippen molar-refractivity contribution < 1.29 is 9.53 Å². The van der Waals surface area contributed by atoms with Crippen molar-refractivity contribution in [3.63, 3.8) is 0 Å². The van der Waals surface area contributed by atoms with Crippen molar-refractivity contribution in [2.45, 2.75) is 32.2 Å². The second kappa shape index (κ2) is 11.0. The van der Waals surface area contributed by atoms with E-state index in [2.05, 4.69) is 23.6 Å². The first-order valence-corrected chi connectivity index (χ1v) is 6.85. The Balaban J connectivity index is 3.20. The zero-order chi connectivity index (χ0) is 12.2. The molecule has 16 heavy (non-hydrogen) atoms. The van der Waals surface area contributed by atoms with Crippen LogP contribution in [-0.4, -0.2) is 37.2 Å². The molecule has 3 nitrogen and oxygen atoms in total. The predicted octanol–water partition coefficient (Wildman–Crippen LogP) is 2.23. The Hall–Kier alpha value is -0.480. The molecule has 0 aromatic heterocycles. The first kappa shape index (κ1) is 15.5. The third-order valence-electron chi connectivity index (χ3n) is 2.22. The minimum Gasteiger partial charge on any atom is -0.469 e. The lowest BCUT2D eigenvalue weighted by Gasteiger charge is -2.12. The van der Waals surface area contributed by atoms with Crippen LogP contribution in [0.3, 0.4) is 0 Å². The number of ether oxygens (including phenoxy) is 1. The maximum atomic E-state index is 10.8. The molecule has 0 rings (SSSR count). The van der Waals surface area contributed by atoms with Gasteiger partial charge in [0.1, 0.15) is 0 Å². The Morgan fingerprint density at radius 3 is 2.94 bits per heavy atom. The molecule has 4 heteroatoms. The fourth-order valence-electron chi connectivity index (χ4n) is 1.21. The number of methoxy groups -OCH3 is 1. The van der Waals surface area contributed by atoms with E-state index in [0.717, 1.165) is 30.9 Å². The first-order chi connectivity index (χ1) is 7.70. The van der Waals surface area contributed by atoms with Crippen LogP contribution in [0.25, 0.3) is 0 Å². The minimum atomic E-state index is -0.125. The molecule has 0 saturated carbocycles. The van der Waals surface area contributed by atoms with Gasteiger partial charge in [0, 0.05) is 24.1 Å². The van der Waals surface area contributed by atoms with Gasteiger partial charge in [0.15, 0.2) is 0 Å². The monoisotopic (exact) mass is 245 g/mol. The molecule has 0 aromatic carbocycles. The maximum absolute atomic E-state index is 10.8. The number of carbonyl (C=O) groups is 1. The van der Waals surface area contributed by atoms with Crippen LogP contribution in [0.5, 0.6) is 0 Å². The average Bonchev–Trinajstić information content (AvgIpc) is 2.30. The standard InChI is InChI=1S/C12H23NO2S/c1-4-5-6-11(2)13-8-10-16-9-7-12(14)15-3/h4,11,13H,1,5-10H2,2-3H3. The number of esters is 1. The van der Waals surface area contributed by atoms with Gasteiger partial charge < -0.3 is 10.1 Å². The Kier molecular flexibility index (Phi) is 10.7. The summed E-state index contributed by atoms with van der Waals surface area (Å²) >= 11 is 1.78. The van der Waals surface area contributed by atoms with Crippen molar-refractivity contribution in [1.29, 1.82) is 0 Å². The van der Waals surface area contributed by atoms with E-state index in [1.807, 2.05) is 6.08 Å². The molecule has 1 atom stereocenters. The molecule has 0 heterocycles. The molecule has 0 spiro atoms. The van der Waals surface area contributed by atoms with Gasteiger partial charge in [0.05, 0.1) is 13.5 Å². The fourth-order valence-corrected chi connectivity index (χ4v) is 1.98. The van der Waals surface area contributed by atoms with Crippen LogP contribution in [0.1, 0.15) is 26.2 Å². The predicted molar refractivity (Wildman–Crippen MR) is 70.9 cm³/mol. The van der Waals surface area contributed by atoms with Gasteiger partial charge in [-0.3, -0.25) is 4.79 Å². The van der Waals surface area contributed by atoms with E-state index < -0.39 is 0 Å². The number of allylic oxidation sites excluding steroid dienone is 1. The van der Waals surface area contributed by atoms with Gasteiger partial charge in [-0.25, -0.2) is 0 Å². The summed E-state index contributed by atoms with van der Waals surface area (Å²) < 4.78 is 4.56. The number of hydrogen-bond acceptors (Lipinski definition) is 4. The lowest BCUT2D eigenvalue weighted by Crippen LogP contribution is -2.28. The molecule has 1 N–H and O–H groups in total. The van der Waals surface area contributed by atoms with Crippen molar-refractivity contribution in [3.8, 4) is 0 Å². The number of thioether (sulfide) groups is 1. The molecule has 0 saturated heterocycles. The third kappa shape index (κ3) is 10.1. The summed E-state index contributed by atoms with van der Waals surface area (Å²) in [7, 11) is 1.43. The SMILES string of the molecule is C=CCCC(C)NCCSCCC(=O)OC. The van der Waals surface area contributed by atoms with E-state index >= 15 is 0 Å². The van der Waals surface area contributed by atoms with Crippen molar-refractivity contribution in [1.82, 2.24) is 5.32 Å². The zero-order valence-corrected chi connectivity index (χ0v) is 11.1. The summed E-state index contributed by atoms with van der Waals surface area (Å²) in [4.78, 5) is 10.8. The maximum Gasteiger partial charge on any atom is 0.306 e. The Bertz CT molecular complexity index is 197. The summed E-state index contributed by atoms with van der Waals surface area (Å²) in [6.45, 7) is 6.88. The lowest BCUT2D eigenvalue weighted by molar-refractivity contribution is -0.140. The smallest absolute Gasteiger partial charge is 0.306 e. The molecule has 0 bridgehead atoms. The van der Waals surface area contributed by atoms with E-state index in [-0.39, 0.29) is 5.97 Å². The molecular formula is C12H23NO2S. The van der Waals surface area contributed by atoms with Gasteiger partial charge in [-0.2, -0.15) is 11.8 Å². The molecular weight excluding hydrogens is 222 g/mol. The van der Waals surface area contributed by atoms with E-state index in [1.165, 1.54) is 7.11 Å². The second-order valence-corrected chi connectivity index (χ2v) is 4.88. The molecule has 0 aliphatic heterocycles. The average molecular weight is 245 g/mol. The van der Waals surface area contributed by atoms with Gasteiger partial charge in [-0.15, -0.1) is 6.58 Å². The highest BCUT2D eigenvalue weighted by Gasteiger charge is 2.01. The molecule has 0 amide bonds. The van der Waals surface area contributed by atoms with Crippen LogP contribution < -0.4 is 5.32 Å². The highest BCUT2D eigenvalue weighted by molar-refractivity contribution is 7.99.